The third kappa shape index (κ3) is 2.70. The minimum absolute atomic E-state index is 0.177. The smallest absolute Gasteiger partial charge is 0.307 e. The molecule has 18 heavy (non-hydrogen) atoms. The van der Waals surface area contributed by atoms with E-state index < -0.39 is 17.8 Å². The number of rotatable bonds is 3. The lowest BCUT2D eigenvalue weighted by molar-refractivity contribution is -0.145. The van der Waals surface area contributed by atoms with Gasteiger partial charge in [0.15, 0.2) is 0 Å². The molecule has 2 atom stereocenters. The van der Waals surface area contributed by atoms with Crippen LogP contribution < -0.4 is 5.32 Å². The third-order valence-corrected chi connectivity index (χ3v) is 3.49. The van der Waals surface area contributed by atoms with Gasteiger partial charge in [-0.2, -0.15) is 0 Å². The van der Waals surface area contributed by atoms with E-state index in [0.29, 0.717) is 12.8 Å². The standard InChI is InChI=1S/C14H17NO3/c1-9-5-7-10(8-6-9)15-13(16)11-3-2-4-12(11)14(17)18/h5-8,11-12H,2-4H2,1H3,(H,15,16)(H,17,18)/t11-,12+/m1/s1. The van der Waals surface area contributed by atoms with Crippen LogP contribution in [-0.2, 0) is 9.59 Å². The Kier molecular flexibility index (Phi) is 3.65. The van der Waals surface area contributed by atoms with Crippen molar-refractivity contribution in [3.8, 4) is 0 Å². The quantitative estimate of drug-likeness (QED) is 0.862. The summed E-state index contributed by atoms with van der Waals surface area (Å²) in [6.07, 6.45) is 2.07. The molecule has 1 aliphatic rings. The van der Waals surface area contributed by atoms with E-state index >= 15 is 0 Å². The van der Waals surface area contributed by atoms with Gasteiger partial charge in [-0.3, -0.25) is 9.59 Å². The van der Waals surface area contributed by atoms with Gasteiger partial charge in [0.2, 0.25) is 5.91 Å². The molecule has 0 spiro atoms. The Morgan fingerprint density at radius 1 is 1.17 bits per heavy atom. The predicted molar refractivity (Wildman–Crippen MR) is 68.3 cm³/mol. The van der Waals surface area contributed by atoms with Crippen molar-refractivity contribution in [3.05, 3.63) is 29.8 Å². The molecule has 4 nitrogen and oxygen atoms in total. The van der Waals surface area contributed by atoms with E-state index in [1.54, 1.807) is 0 Å². The summed E-state index contributed by atoms with van der Waals surface area (Å²) in [5.74, 6) is -1.97. The van der Waals surface area contributed by atoms with E-state index in [-0.39, 0.29) is 5.91 Å². The Bertz CT molecular complexity index is 453. The van der Waals surface area contributed by atoms with Gasteiger partial charge in [0.25, 0.3) is 0 Å². The molecule has 4 heteroatoms. The molecule has 1 amide bonds. The van der Waals surface area contributed by atoms with Crippen molar-refractivity contribution in [2.75, 3.05) is 5.32 Å². The topological polar surface area (TPSA) is 66.4 Å². The fourth-order valence-electron chi connectivity index (χ4n) is 2.44. The third-order valence-electron chi connectivity index (χ3n) is 3.49. The van der Waals surface area contributed by atoms with Gasteiger partial charge in [0.05, 0.1) is 11.8 Å². The first-order chi connectivity index (χ1) is 8.58. The van der Waals surface area contributed by atoms with Crippen molar-refractivity contribution in [2.45, 2.75) is 26.2 Å². The minimum Gasteiger partial charge on any atom is -0.481 e. The van der Waals surface area contributed by atoms with Crippen LogP contribution in [0, 0.1) is 18.8 Å². The van der Waals surface area contributed by atoms with Crippen LogP contribution in [0.2, 0.25) is 0 Å². The van der Waals surface area contributed by atoms with Crippen molar-refractivity contribution in [1.29, 1.82) is 0 Å². The van der Waals surface area contributed by atoms with Gasteiger partial charge < -0.3 is 10.4 Å². The first-order valence-electron chi connectivity index (χ1n) is 6.18. The highest BCUT2D eigenvalue weighted by molar-refractivity contribution is 5.95. The van der Waals surface area contributed by atoms with Crippen molar-refractivity contribution < 1.29 is 14.7 Å². The summed E-state index contributed by atoms with van der Waals surface area (Å²) in [4.78, 5) is 23.1. The summed E-state index contributed by atoms with van der Waals surface area (Å²) in [5.41, 5.74) is 1.85. The van der Waals surface area contributed by atoms with Gasteiger partial charge in [-0.05, 0) is 31.9 Å². The molecule has 0 saturated heterocycles. The highest BCUT2D eigenvalue weighted by Gasteiger charge is 2.37. The maximum Gasteiger partial charge on any atom is 0.307 e. The van der Waals surface area contributed by atoms with Crippen LogP contribution in [0.15, 0.2) is 24.3 Å². The Balaban J connectivity index is 2.03. The fourth-order valence-corrected chi connectivity index (χ4v) is 2.44. The number of aliphatic carboxylic acids is 1. The largest absolute Gasteiger partial charge is 0.481 e. The van der Waals surface area contributed by atoms with E-state index in [4.69, 9.17) is 5.11 Å². The molecule has 0 aliphatic heterocycles. The SMILES string of the molecule is Cc1ccc(NC(=O)[C@@H]2CCC[C@@H]2C(=O)O)cc1. The van der Waals surface area contributed by atoms with Crippen molar-refractivity contribution in [1.82, 2.24) is 0 Å². The monoisotopic (exact) mass is 247 g/mol. The second-order valence-electron chi connectivity index (χ2n) is 4.84. The normalized spacial score (nSPS) is 22.7. The lowest BCUT2D eigenvalue weighted by Gasteiger charge is -2.15. The van der Waals surface area contributed by atoms with Crippen LogP contribution >= 0.6 is 0 Å². The molecule has 1 aromatic carbocycles. The average molecular weight is 247 g/mol. The van der Waals surface area contributed by atoms with Crippen LogP contribution in [0.1, 0.15) is 24.8 Å². The Morgan fingerprint density at radius 3 is 2.39 bits per heavy atom. The van der Waals surface area contributed by atoms with Crippen LogP contribution in [0.5, 0.6) is 0 Å². The number of amides is 1. The molecule has 0 bridgehead atoms. The number of nitrogens with one attached hydrogen (secondary N) is 1. The van der Waals surface area contributed by atoms with Crippen molar-refractivity contribution >= 4 is 17.6 Å². The Morgan fingerprint density at radius 2 is 1.78 bits per heavy atom. The lowest BCUT2D eigenvalue weighted by Crippen LogP contribution is -2.29. The van der Waals surface area contributed by atoms with Gasteiger partial charge in [-0.25, -0.2) is 0 Å². The fraction of sp³-hybridized carbons (Fsp3) is 0.429. The first-order valence-corrected chi connectivity index (χ1v) is 6.18. The van der Waals surface area contributed by atoms with Crippen molar-refractivity contribution in [3.63, 3.8) is 0 Å². The van der Waals surface area contributed by atoms with Crippen LogP contribution in [0.3, 0.4) is 0 Å². The van der Waals surface area contributed by atoms with Crippen molar-refractivity contribution in [2.24, 2.45) is 11.8 Å². The van der Waals surface area contributed by atoms with E-state index in [2.05, 4.69) is 5.32 Å². The molecule has 0 radical (unpaired) electrons. The number of carbonyl (C=O) groups excluding carboxylic acids is 1. The molecular formula is C14H17NO3. The van der Waals surface area contributed by atoms with Gasteiger partial charge in [0, 0.05) is 5.69 Å². The number of carboxylic acid groups (broad SMARTS) is 1. The highest BCUT2D eigenvalue weighted by Crippen LogP contribution is 2.32. The van der Waals surface area contributed by atoms with Crippen LogP contribution in [0.25, 0.3) is 0 Å². The maximum absolute atomic E-state index is 12.0. The maximum atomic E-state index is 12.0. The molecule has 1 aliphatic carbocycles. The number of benzene rings is 1. The van der Waals surface area contributed by atoms with Crippen LogP contribution in [0.4, 0.5) is 5.69 Å². The molecule has 96 valence electrons. The predicted octanol–water partition coefficient (Wildman–Crippen LogP) is 2.43. The number of anilines is 1. The van der Waals surface area contributed by atoms with E-state index in [1.807, 2.05) is 31.2 Å². The average Bonchev–Trinajstić information content (AvgIpc) is 2.81. The molecule has 0 aromatic heterocycles. The molecule has 1 fully saturated rings. The molecule has 2 rings (SSSR count). The number of carboxylic acids is 1. The summed E-state index contributed by atoms with van der Waals surface area (Å²) < 4.78 is 0. The number of hydrogen-bond donors (Lipinski definition) is 2. The zero-order chi connectivity index (χ0) is 13.1. The summed E-state index contributed by atoms with van der Waals surface area (Å²) in [6, 6.07) is 7.49. The molecule has 2 N–H and O–H groups in total. The molecule has 1 saturated carbocycles. The van der Waals surface area contributed by atoms with Crippen LogP contribution in [-0.4, -0.2) is 17.0 Å². The number of carbonyl (C=O) groups is 2. The zero-order valence-electron chi connectivity index (χ0n) is 10.3. The van der Waals surface area contributed by atoms with Gasteiger partial charge in [-0.1, -0.05) is 24.1 Å². The highest BCUT2D eigenvalue weighted by atomic mass is 16.4. The molecule has 0 heterocycles. The summed E-state index contributed by atoms with van der Waals surface area (Å²) in [5, 5.41) is 11.8. The molecule has 1 aromatic rings. The van der Waals surface area contributed by atoms with E-state index in [0.717, 1.165) is 17.7 Å². The molecular weight excluding hydrogens is 230 g/mol. The summed E-state index contributed by atoms with van der Waals surface area (Å²) >= 11 is 0. The first kappa shape index (κ1) is 12.6. The second kappa shape index (κ2) is 5.21. The van der Waals surface area contributed by atoms with Gasteiger partial charge in [0.1, 0.15) is 0 Å². The zero-order valence-corrected chi connectivity index (χ0v) is 10.3. The summed E-state index contributed by atoms with van der Waals surface area (Å²) in [7, 11) is 0. The second-order valence-corrected chi connectivity index (χ2v) is 4.84. The molecule has 0 unspecified atom stereocenters. The lowest BCUT2D eigenvalue weighted by atomic mass is 9.95. The number of aryl methyl sites for hydroxylation is 1. The number of hydrogen-bond acceptors (Lipinski definition) is 2. The van der Waals surface area contributed by atoms with E-state index in [1.165, 1.54) is 0 Å². The van der Waals surface area contributed by atoms with E-state index in [9.17, 15) is 9.59 Å². The van der Waals surface area contributed by atoms with Gasteiger partial charge in [-0.15, -0.1) is 0 Å². The summed E-state index contributed by atoms with van der Waals surface area (Å²) in [6.45, 7) is 1.98. The Hall–Kier alpha value is -1.84. The Labute approximate surface area is 106 Å². The minimum atomic E-state index is -0.864. The van der Waals surface area contributed by atoms with Gasteiger partial charge >= 0.3 is 5.97 Å².